The fourth-order valence-corrected chi connectivity index (χ4v) is 1.13. The van der Waals surface area contributed by atoms with Gasteiger partial charge in [-0.15, -0.1) is 0 Å². The van der Waals surface area contributed by atoms with Gasteiger partial charge in [0, 0.05) is 19.6 Å². The number of aliphatic hydroxyl groups excluding tert-OH is 1. The molecule has 0 aliphatic carbocycles. The molecule has 13 heavy (non-hydrogen) atoms. The molecule has 1 rings (SSSR count). The number of hydrogen-bond acceptors (Lipinski definition) is 3. The number of β-amino-alcohol motifs (C(OH)–C–C–N with tert-alkyl or cyclic N) is 1. The minimum atomic E-state index is -4.52. The molecule has 0 saturated carbocycles. The molecule has 1 fully saturated rings. The van der Waals surface area contributed by atoms with E-state index in [2.05, 4.69) is 0 Å². The molecule has 6 heteroatoms. The van der Waals surface area contributed by atoms with Crippen molar-refractivity contribution in [3.8, 4) is 0 Å². The van der Waals surface area contributed by atoms with Crippen molar-refractivity contribution in [2.45, 2.75) is 12.3 Å². The lowest BCUT2D eigenvalue weighted by Gasteiger charge is -2.29. The van der Waals surface area contributed by atoms with Gasteiger partial charge in [0.15, 0.2) is 6.10 Å². The third-order valence-electron chi connectivity index (χ3n) is 1.91. The van der Waals surface area contributed by atoms with Crippen LogP contribution >= 0.6 is 0 Å². The van der Waals surface area contributed by atoms with Crippen LogP contribution in [0.1, 0.15) is 0 Å². The molecule has 0 amide bonds. The van der Waals surface area contributed by atoms with Crippen LogP contribution in [0.25, 0.3) is 0 Å². The molecule has 78 valence electrons. The van der Waals surface area contributed by atoms with Gasteiger partial charge in [-0.25, -0.2) is 0 Å². The highest BCUT2D eigenvalue weighted by Gasteiger charge is 2.39. The molecule has 0 radical (unpaired) electrons. The second-order valence-electron chi connectivity index (χ2n) is 2.97. The van der Waals surface area contributed by atoms with Gasteiger partial charge in [-0.3, -0.25) is 4.90 Å². The van der Waals surface area contributed by atoms with E-state index in [9.17, 15) is 13.2 Å². The third-order valence-corrected chi connectivity index (χ3v) is 1.91. The first-order chi connectivity index (χ1) is 6.00. The van der Waals surface area contributed by atoms with Crippen molar-refractivity contribution >= 4 is 0 Å². The fraction of sp³-hybridized carbons (Fsp3) is 1.00. The molecule has 0 bridgehead atoms. The van der Waals surface area contributed by atoms with Crippen molar-refractivity contribution in [2.24, 2.45) is 0 Å². The highest BCUT2D eigenvalue weighted by Crippen LogP contribution is 2.20. The van der Waals surface area contributed by atoms with Gasteiger partial charge in [0.2, 0.25) is 0 Å². The van der Waals surface area contributed by atoms with Crippen LogP contribution in [0.2, 0.25) is 0 Å². The number of ether oxygens (including phenoxy) is 1. The topological polar surface area (TPSA) is 32.7 Å². The smallest absolute Gasteiger partial charge is 0.382 e. The van der Waals surface area contributed by atoms with Crippen LogP contribution in [0.15, 0.2) is 0 Å². The molecule has 1 aliphatic heterocycles. The number of halogens is 3. The van der Waals surface area contributed by atoms with Crippen LogP contribution in [0.3, 0.4) is 0 Å². The van der Waals surface area contributed by atoms with Crippen LogP contribution in [0, 0.1) is 0 Å². The van der Waals surface area contributed by atoms with Gasteiger partial charge < -0.3 is 9.84 Å². The van der Waals surface area contributed by atoms with Crippen LogP contribution in [0.4, 0.5) is 13.2 Å². The summed E-state index contributed by atoms with van der Waals surface area (Å²) in [5, 5.41) is 8.73. The Morgan fingerprint density at radius 2 is 1.85 bits per heavy atom. The predicted octanol–water partition coefficient (Wildman–Crippen LogP) is 0.242. The number of aliphatic hydroxyl groups is 1. The number of nitrogens with zero attached hydrogens (tertiary/aromatic N) is 1. The molecule has 0 aromatic carbocycles. The monoisotopic (exact) mass is 199 g/mol. The SMILES string of the molecule is O[C@@H](CN1CCOCC1)C(F)(F)F. The summed E-state index contributed by atoms with van der Waals surface area (Å²) in [6, 6.07) is 0. The molecule has 1 saturated heterocycles. The average Bonchev–Trinajstić information content (AvgIpc) is 2.04. The first-order valence-electron chi connectivity index (χ1n) is 4.05. The van der Waals surface area contributed by atoms with E-state index in [0.29, 0.717) is 26.3 Å². The van der Waals surface area contributed by atoms with Crippen LogP contribution in [-0.2, 0) is 4.74 Å². The summed E-state index contributed by atoms with van der Waals surface area (Å²) in [5.74, 6) is 0. The van der Waals surface area contributed by atoms with Crippen molar-refractivity contribution in [3.63, 3.8) is 0 Å². The Kier molecular flexibility index (Phi) is 3.52. The quantitative estimate of drug-likeness (QED) is 0.691. The molecule has 0 aromatic rings. The molecular formula is C7H12F3NO2. The highest BCUT2D eigenvalue weighted by molar-refractivity contribution is 4.72. The fourth-order valence-electron chi connectivity index (χ4n) is 1.13. The van der Waals surface area contributed by atoms with Gasteiger partial charge in [-0.05, 0) is 0 Å². The van der Waals surface area contributed by atoms with E-state index in [-0.39, 0.29) is 6.54 Å². The minimum absolute atomic E-state index is 0.354. The Hall–Kier alpha value is -0.330. The maximum atomic E-state index is 11.9. The van der Waals surface area contributed by atoms with Gasteiger partial charge in [0.1, 0.15) is 0 Å². The normalized spacial score (nSPS) is 23.1. The van der Waals surface area contributed by atoms with Crippen molar-refractivity contribution in [3.05, 3.63) is 0 Å². The van der Waals surface area contributed by atoms with E-state index < -0.39 is 12.3 Å². The Bertz CT molecular complexity index is 156. The standard InChI is InChI=1S/C7H12F3NO2/c8-7(9,10)6(12)5-11-1-3-13-4-2-11/h6,12H,1-5H2/t6-/m0/s1. The lowest BCUT2D eigenvalue weighted by Crippen LogP contribution is -2.45. The number of morpholine rings is 1. The van der Waals surface area contributed by atoms with E-state index in [0.717, 1.165) is 0 Å². The zero-order chi connectivity index (χ0) is 9.90. The molecule has 0 spiro atoms. The summed E-state index contributed by atoms with van der Waals surface area (Å²) >= 11 is 0. The lowest BCUT2D eigenvalue weighted by molar-refractivity contribution is -0.209. The maximum absolute atomic E-state index is 11.9. The Morgan fingerprint density at radius 3 is 2.31 bits per heavy atom. The average molecular weight is 199 g/mol. The van der Waals surface area contributed by atoms with Gasteiger partial charge in [0.05, 0.1) is 13.2 Å². The van der Waals surface area contributed by atoms with E-state index in [1.54, 1.807) is 4.90 Å². The van der Waals surface area contributed by atoms with Crippen molar-refractivity contribution in [1.29, 1.82) is 0 Å². The van der Waals surface area contributed by atoms with Crippen molar-refractivity contribution in [2.75, 3.05) is 32.8 Å². The Balaban J connectivity index is 2.30. The zero-order valence-corrected chi connectivity index (χ0v) is 7.05. The molecule has 3 nitrogen and oxygen atoms in total. The minimum Gasteiger partial charge on any atom is -0.382 e. The largest absolute Gasteiger partial charge is 0.415 e. The Morgan fingerprint density at radius 1 is 1.31 bits per heavy atom. The van der Waals surface area contributed by atoms with Gasteiger partial charge in [0.25, 0.3) is 0 Å². The second-order valence-corrected chi connectivity index (χ2v) is 2.97. The zero-order valence-electron chi connectivity index (χ0n) is 7.05. The van der Waals surface area contributed by atoms with Crippen LogP contribution < -0.4 is 0 Å². The first-order valence-corrected chi connectivity index (χ1v) is 4.05. The summed E-state index contributed by atoms with van der Waals surface area (Å²) in [4.78, 5) is 1.54. The van der Waals surface area contributed by atoms with E-state index in [1.165, 1.54) is 0 Å². The van der Waals surface area contributed by atoms with Gasteiger partial charge in [-0.2, -0.15) is 13.2 Å². The maximum Gasteiger partial charge on any atom is 0.415 e. The molecule has 1 heterocycles. The lowest BCUT2D eigenvalue weighted by atomic mass is 10.3. The second kappa shape index (κ2) is 4.26. The van der Waals surface area contributed by atoms with E-state index in [1.807, 2.05) is 0 Å². The molecule has 1 N–H and O–H groups in total. The summed E-state index contributed by atoms with van der Waals surface area (Å²) in [6.07, 6.45) is -6.76. The first kappa shape index (κ1) is 10.7. The summed E-state index contributed by atoms with van der Waals surface area (Å²) in [7, 11) is 0. The molecular weight excluding hydrogens is 187 g/mol. The number of hydrogen-bond donors (Lipinski definition) is 1. The summed E-state index contributed by atoms with van der Waals surface area (Å²) in [5.41, 5.74) is 0. The number of rotatable bonds is 2. The molecule has 0 unspecified atom stereocenters. The van der Waals surface area contributed by atoms with Gasteiger partial charge in [-0.1, -0.05) is 0 Å². The van der Waals surface area contributed by atoms with E-state index >= 15 is 0 Å². The number of alkyl halides is 3. The van der Waals surface area contributed by atoms with E-state index in [4.69, 9.17) is 9.84 Å². The summed E-state index contributed by atoms with van der Waals surface area (Å²) < 4.78 is 40.7. The third kappa shape index (κ3) is 3.50. The molecule has 1 aliphatic rings. The summed E-state index contributed by atoms with van der Waals surface area (Å²) in [6.45, 7) is 1.42. The highest BCUT2D eigenvalue weighted by atomic mass is 19.4. The Labute approximate surface area is 74.1 Å². The van der Waals surface area contributed by atoms with Crippen molar-refractivity contribution in [1.82, 2.24) is 4.90 Å². The molecule has 1 atom stereocenters. The van der Waals surface area contributed by atoms with Gasteiger partial charge >= 0.3 is 6.18 Å². The van der Waals surface area contributed by atoms with Crippen LogP contribution in [-0.4, -0.2) is 55.1 Å². The van der Waals surface area contributed by atoms with Crippen LogP contribution in [0.5, 0.6) is 0 Å². The van der Waals surface area contributed by atoms with Crippen molar-refractivity contribution < 1.29 is 23.0 Å². The predicted molar refractivity (Wildman–Crippen MR) is 39.3 cm³/mol. The molecule has 0 aromatic heterocycles.